The monoisotopic (exact) mass is 604 g/mol. The second-order valence-corrected chi connectivity index (χ2v) is 10.4. The van der Waals surface area contributed by atoms with Gasteiger partial charge in [0.2, 0.25) is 10.0 Å². The van der Waals surface area contributed by atoms with Gasteiger partial charge in [0.25, 0.3) is 0 Å². The number of aliphatic imine (C=N–C) groups is 1. The molecular formula is C22H26FIN4O5S. The first-order valence-electron chi connectivity index (χ1n) is 10.4. The fourth-order valence-electron chi connectivity index (χ4n) is 3.33. The molecule has 12 heteroatoms. The van der Waals surface area contributed by atoms with Crippen LogP contribution in [-0.2, 0) is 30.7 Å². The zero-order chi connectivity index (χ0) is 24.9. The van der Waals surface area contributed by atoms with Gasteiger partial charge < -0.3 is 9.47 Å². The van der Waals surface area contributed by atoms with Crippen molar-refractivity contribution in [2.45, 2.75) is 31.3 Å². The van der Waals surface area contributed by atoms with Crippen LogP contribution in [0.25, 0.3) is 0 Å². The number of ether oxygens (including phenoxy) is 2. The molecule has 1 atom stereocenters. The van der Waals surface area contributed by atoms with Gasteiger partial charge in [0.15, 0.2) is 6.17 Å². The number of aryl methyl sites for hydroxylation is 2. The average Bonchev–Trinajstić information content (AvgIpc) is 3.16. The van der Waals surface area contributed by atoms with Crippen molar-refractivity contribution in [1.82, 2.24) is 5.43 Å². The Morgan fingerprint density at radius 2 is 2.03 bits per heavy atom. The van der Waals surface area contributed by atoms with Crippen molar-refractivity contribution in [3.05, 3.63) is 58.9 Å². The Morgan fingerprint density at radius 1 is 1.26 bits per heavy atom. The van der Waals surface area contributed by atoms with Gasteiger partial charge in [-0.1, -0.05) is 46.4 Å². The Hall–Kier alpha value is -2.13. The number of carbonyl (C=O) groups is 1. The Bertz CT molecular complexity index is 1190. The lowest BCUT2D eigenvalue weighted by molar-refractivity contribution is -0.149. The van der Waals surface area contributed by atoms with E-state index in [4.69, 9.17) is 14.6 Å². The minimum Gasteiger partial charge on any atom is -0.460 e. The van der Waals surface area contributed by atoms with Crippen LogP contribution < -0.4 is 15.6 Å². The van der Waals surface area contributed by atoms with E-state index in [0.717, 1.165) is 27.2 Å². The summed E-state index contributed by atoms with van der Waals surface area (Å²) in [4.78, 5) is 16.2. The van der Waals surface area contributed by atoms with E-state index in [1.54, 1.807) is 0 Å². The predicted octanol–water partition coefficient (Wildman–Crippen LogP) is 2.38. The Balaban J connectivity index is 1.84. The molecule has 1 aliphatic rings. The van der Waals surface area contributed by atoms with Crippen LogP contribution in [0.15, 0.2) is 46.3 Å². The number of nitrogens with zero attached hydrogens (tertiary/aromatic N) is 2. The first kappa shape index (κ1) is 26.5. The lowest BCUT2D eigenvalue weighted by Gasteiger charge is -2.23. The van der Waals surface area contributed by atoms with Gasteiger partial charge in [-0.2, -0.15) is 0 Å². The van der Waals surface area contributed by atoms with Crippen molar-refractivity contribution in [1.29, 1.82) is 0 Å². The molecule has 1 unspecified atom stereocenters. The van der Waals surface area contributed by atoms with E-state index < -0.39 is 28.0 Å². The molecule has 0 amide bonds. The molecule has 0 aromatic heterocycles. The summed E-state index contributed by atoms with van der Waals surface area (Å²) in [5.41, 5.74) is 6.20. The number of anilines is 1. The van der Waals surface area contributed by atoms with Crippen LogP contribution in [0.5, 0.6) is 0 Å². The largest absolute Gasteiger partial charge is 0.460 e. The molecule has 184 valence electrons. The van der Waals surface area contributed by atoms with Gasteiger partial charge in [-0.15, -0.1) is 0 Å². The minimum absolute atomic E-state index is 0.0654. The van der Waals surface area contributed by atoms with Crippen LogP contribution in [0.2, 0.25) is 0 Å². The van der Waals surface area contributed by atoms with Crippen LogP contribution >= 0.6 is 22.6 Å². The van der Waals surface area contributed by atoms with Crippen LogP contribution in [0, 0.1) is 19.7 Å². The smallest absolute Gasteiger partial charge is 0.332 e. The van der Waals surface area contributed by atoms with Crippen molar-refractivity contribution in [2.75, 3.05) is 29.3 Å². The number of nitrogens with one attached hydrogen (secondary N) is 1. The fourth-order valence-corrected chi connectivity index (χ4v) is 4.17. The van der Waals surface area contributed by atoms with E-state index in [1.165, 1.54) is 17.1 Å². The maximum atomic E-state index is 14.9. The maximum absolute atomic E-state index is 14.9. The maximum Gasteiger partial charge on any atom is 0.332 e. The SMILES string of the molecule is Cc1ccc(C)c(CC2=NC(COC(=O)COCCI)NN2c2ccc(S(N)(=O)=O)cc2F)c1. The number of hydrazine groups is 1. The number of halogens is 2. The third-order valence-electron chi connectivity index (χ3n) is 5.03. The summed E-state index contributed by atoms with van der Waals surface area (Å²) in [5, 5.41) is 6.56. The topological polar surface area (TPSA) is 123 Å². The van der Waals surface area contributed by atoms with Crippen LogP contribution in [0.3, 0.4) is 0 Å². The second-order valence-electron chi connectivity index (χ2n) is 7.72. The van der Waals surface area contributed by atoms with Gasteiger partial charge in [-0.3, -0.25) is 5.01 Å². The molecule has 0 spiro atoms. The molecule has 3 rings (SSSR count). The summed E-state index contributed by atoms with van der Waals surface area (Å²) in [5.74, 6) is -0.837. The van der Waals surface area contributed by atoms with Crippen molar-refractivity contribution < 1.29 is 27.1 Å². The van der Waals surface area contributed by atoms with Crippen LogP contribution in [-0.4, -0.2) is 50.6 Å². The first-order chi connectivity index (χ1) is 16.1. The highest BCUT2D eigenvalue weighted by atomic mass is 127. The molecule has 34 heavy (non-hydrogen) atoms. The van der Waals surface area contributed by atoms with E-state index in [0.29, 0.717) is 18.9 Å². The molecule has 0 radical (unpaired) electrons. The molecule has 0 saturated carbocycles. The van der Waals surface area contributed by atoms with Gasteiger partial charge >= 0.3 is 5.97 Å². The second kappa shape index (κ2) is 11.5. The average molecular weight is 604 g/mol. The van der Waals surface area contributed by atoms with Gasteiger partial charge in [0.1, 0.15) is 24.9 Å². The van der Waals surface area contributed by atoms with E-state index >= 15 is 0 Å². The van der Waals surface area contributed by atoms with Gasteiger partial charge in [0, 0.05) is 10.8 Å². The Morgan fingerprint density at radius 3 is 2.71 bits per heavy atom. The number of rotatable bonds is 10. The fraction of sp³-hybridized carbons (Fsp3) is 0.364. The summed E-state index contributed by atoms with van der Waals surface area (Å²) in [7, 11) is -4.06. The van der Waals surface area contributed by atoms with E-state index in [9.17, 15) is 17.6 Å². The van der Waals surface area contributed by atoms with Crippen LogP contribution in [0.4, 0.5) is 10.1 Å². The van der Waals surface area contributed by atoms with Crippen LogP contribution in [0.1, 0.15) is 16.7 Å². The van der Waals surface area contributed by atoms with Gasteiger partial charge in [-0.25, -0.2) is 33.2 Å². The van der Waals surface area contributed by atoms with E-state index in [1.807, 2.05) is 32.0 Å². The molecule has 0 bridgehead atoms. The first-order valence-corrected chi connectivity index (χ1v) is 13.5. The predicted molar refractivity (Wildman–Crippen MR) is 135 cm³/mol. The number of amidine groups is 1. The normalized spacial score (nSPS) is 16.0. The summed E-state index contributed by atoms with van der Waals surface area (Å²) in [6.07, 6.45) is -0.286. The molecule has 3 N–H and O–H groups in total. The molecular weight excluding hydrogens is 578 g/mol. The van der Waals surface area contributed by atoms with E-state index in [2.05, 4.69) is 33.0 Å². The zero-order valence-electron chi connectivity index (χ0n) is 18.8. The Labute approximate surface area is 211 Å². The molecule has 1 heterocycles. The summed E-state index contributed by atoms with van der Waals surface area (Å²) in [6, 6.07) is 9.41. The number of esters is 1. The number of alkyl halides is 1. The lowest BCUT2D eigenvalue weighted by atomic mass is 10.0. The highest BCUT2D eigenvalue weighted by Crippen LogP contribution is 2.26. The lowest BCUT2D eigenvalue weighted by Crippen LogP contribution is -2.43. The zero-order valence-corrected chi connectivity index (χ0v) is 21.7. The molecule has 0 saturated heterocycles. The molecule has 1 aliphatic heterocycles. The van der Waals surface area contributed by atoms with Gasteiger partial charge in [0.05, 0.1) is 17.2 Å². The Kier molecular flexibility index (Phi) is 8.98. The minimum atomic E-state index is -4.06. The number of carbonyl (C=O) groups excluding carboxylic acids is 1. The summed E-state index contributed by atoms with van der Waals surface area (Å²) >= 11 is 2.14. The van der Waals surface area contributed by atoms with Crippen molar-refractivity contribution >= 4 is 50.1 Å². The van der Waals surface area contributed by atoms with Crippen molar-refractivity contribution in [3.63, 3.8) is 0 Å². The van der Waals surface area contributed by atoms with Crippen molar-refractivity contribution in [2.24, 2.45) is 10.1 Å². The third kappa shape index (κ3) is 6.95. The molecule has 9 nitrogen and oxygen atoms in total. The standard InChI is InChI=1S/C22H26FIN4O5S/c1-14-3-4-15(2)16(9-14)10-21-26-20(12-33-22(29)13-32-8-7-24)27-28(21)19-6-5-17(11-18(19)23)34(25,30)31/h3-6,9,11,20,27H,7-8,10,12-13H2,1-2H3,(H2,25,30,31). The van der Waals surface area contributed by atoms with E-state index in [-0.39, 0.29) is 23.8 Å². The van der Waals surface area contributed by atoms with Crippen molar-refractivity contribution in [3.8, 4) is 0 Å². The highest BCUT2D eigenvalue weighted by molar-refractivity contribution is 14.1. The molecule has 0 aliphatic carbocycles. The third-order valence-corrected chi connectivity index (χ3v) is 6.38. The number of hydrogen-bond acceptors (Lipinski definition) is 8. The number of nitrogens with two attached hydrogens (primary N) is 1. The summed E-state index contributed by atoms with van der Waals surface area (Å²) in [6.45, 7) is 4.14. The molecule has 2 aromatic carbocycles. The van der Waals surface area contributed by atoms with Gasteiger partial charge in [-0.05, 0) is 43.2 Å². The number of benzene rings is 2. The highest BCUT2D eigenvalue weighted by Gasteiger charge is 2.29. The quantitative estimate of drug-likeness (QED) is 0.185. The number of hydrogen-bond donors (Lipinski definition) is 2. The molecule has 0 fully saturated rings. The number of primary sulfonamides is 1. The summed E-state index contributed by atoms with van der Waals surface area (Å²) < 4.78 is 49.3. The number of sulfonamides is 1. The molecule has 2 aromatic rings.